The minimum absolute atomic E-state index is 0.0271. The highest BCUT2D eigenvalue weighted by atomic mass is 16.5. The first-order valence-corrected chi connectivity index (χ1v) is 8.47. The molecule has 5 heteroatoms. The molecule has 0 aromatic heterocycles. The van der Waals surface area contributed by atoms with Crippen LogP contribution in [0.25, 0.3) is 0 Å². The van der Waals surface area contributed by atoms with Gasteiger partial charge >= 0.3 is 0 Å². The minimum atomic E-state index is 0.0271. The summed E-state index contributed by atoms with van der Waals surface area (Å²) < 4.78 is 5.51. The van der Waals surface area contributed by atoms with Crippen molar-refractivity contribution in [1.82, 2.24) is 10.6 Å². The maximum absolute atomic E-state index is 9.25. The molecule has 1 heterocycles. The Balaban J connectivity index is 2.42. The molecule has 1 unspecified atom stereocenters. The van der Waals surface area contributed by atoms with Crippen molar-refractivity contribution in [3.63, 3.8) is 0 Å². The predicted octanol–water partition coefficient (Wildman–Crippen LogP) is 1.91. The molecular weight excluding hydrogens is 266 g/mol. The second-order valence-electron chi connectivity index (χ2n) is 5.96. The fourth-order valence-electron chi connectivity index (χ4n) is 2.63. The molecule has 124 valence electrons. The molecule has 1 saturated heterocycles. The first-order valence-electron chi connectivity index (χ1n) is 8.47. The van der Waals surface area contributed by atoms with Crippen LogP contribution >= 0.6 is 0 Å². The van der Waals surface area contributed by atoms with Crippen LogP contribution in [-0.2, 0) is 4.74 Å². The van der Waals surface area contributed by atoms with Gasteiger partial charge in [-0.3, -0.25) is 4.99 Å². The smallest absolute Gasteiger partial charge is 0.191 e. The van der Waals surface area contributed by atoms with E-state index in [1.807, 2.05) is 0 Å². The van der Waals surface area contributed by atoms with Gasteiger partial charge in [-0.1, -0.05) is 26.2 Å². The second kappa shape index (κ2) is 10.9. The lowest BCUT2D eigenvalue weighted by Gasteiger charge is -2.24. The number of unbranched alkanes of at least 4 members (excludes halogenated alkanes) is 3. The third-order valence-corrected chi connectivity index (χ3v) is 4.07. The maximum Gasteiger partial charge on any atom is 0.191 e. The Kier molecular flexibility index (Phi) is 9.42. The molecular formula is C16H33N3O2. The Morgan fingerprint density at radius 3 is 2.71 bits per heavy atom. The highest BCUT2D eigenvalue weighted by Gasteiger charge is 2.34. The lowest BCUT2D eigenvalue weighted by atomic mass is 9.84. The number of guanidine groups is 1. The van der Waals surface area contributed by atoms with Crippen molar-refractivity contribution in [2.45, 2.75) is 52.4 Å². The van der Waals surface area contributed by atoms with Gasteiger partial charge in [0.1, 0.15) is 0 Å². The van der Waals surface area contributed by atoms with Crippen LogP contribution in [0.15, 0.2) is 4.99 Å². The average molecular weight is 299 g/mol. The van der Waals surface area contributed by atoms with E-state index in [-0.39, 0.29) is 12.0 Å². The van der Waals surface area contributed by atoms with E-state index >= 15 is 0 Å². The van der Waals surface area contributed by atoms with E-state index in [0.717, 1.165) is 45.0 Å². The summed E-state index contributed by atoms with van der Waals surface area (Å²) in [7, 11) is 0. The van der Waals surface area contributed by atoms with Gasteiger partial charge in [-0.25, -0.2) is 0 Å². The summed E-state index contributed by atoms with van der Waals surface area (Å²) >= 11 is 0. The first kappa shape index (κ1) is 18.2. The highest BCUT2D eigenvalue weighted by Crippen LogP contribution is 2.32. The van der Waals surface area contributed by atoms with Gasteiger partial charge in [0.15, 0.2) is 5.96 Å². The average Bonchev–Trinajstić information content (AvgIpc) is 2.94. The van der Waals surface area contributed by atoms with Gasteiger partial charge in [-0.2, -0.15) is 0 Å². The van der Waals surface area contributed by atoms with Crippen LogP contribution in [0.3, 0.4) is 0 Å². The van der Waals surface area contributed by atoms with E-state index in [1.165, 1.54) is 25.7 Å². The van der Waals surface area contributed by atoms with Crippen molar-refractivity contribution in [3.05, 3.63) is 0 Å². The molecule has 1 aliphatic heterocycles. The lowest BCUT2D eigenvalue weighted by molar-refractivity contribution is 0.131. The number of aliphatic hydroxyl groups is 1. The number of rotatable bonds is 10. The number of nitrogens with zero attached hydrogens (tertiary/aromatic N) is 1. The van der Waals surface area contributed by atoms with Gasteiger partial charge in [0, 0.05) is 31.7 Å². The van der Waals surface area contributed by atoms with Crippen LogP contribution in [0.2, 0.25) is 0 Å². The topological polar surface area (TPSA) is 65.9 Å². The van der Waals surface area contributed by atoms with Crippen LogP contribution in [0.5, 0.6) is 0 Å². The SMILES string of the molecule is CCCCCCNC(=NCC1(CCO)CCOC1)NCC. The summed E-state index contributed by atoms with van der Waals surface area (Å²) in [6, 6.07) is 0. The van der Waals surface area contributed by atoms with E-state index in [2.05, 4.69) is 24.5 Å². The third kappa shape index (κ3) is 7.14. The third-order valence-electron chi connectivity index (χ3n) is 4.07. The van der Waals surface area contributed by atoms with Crippen molar-refractivity contribution in [2.75, 3.05) is 39.5 Å². The molecule has 0 radical (unpaired) electrons. The number of aliphatic imine (C=N–C) groups is 1. The molecule has 0 saturated carbocycles. The zero-order chi connectivity index (χ0) is 15.4. The van der Waals surface area contributed by atoms with E-state index < -0.39 is 0 Å². The van der Waals surface area contributed by atoms with Crippen LogP contribution < -0.4 is 10.6 Å². The molecule has 0 bridgehead atoms. The van der Waals surface area contributed by atoms with Crippen LogP contribution in [0.4, 0.5) is 0 Å². The molecule has 0 aromatic carbocycles. The van der Waals surface area contributed by atoms with Crippen LogP contribution in [0, 0.1) is 5.41 Å². The normalized spacial score (nSPS) is 22.5. The second-order valence-corrected chi connectivity index (χ2v) is 5.96. The van der Waals surface area contributed by atoms with Crippen LogP contribution in [0.1, 0.15) is 52.4 Å². The molecule has 5 nitrogen and oxygen atoms in total. The van der Waals surface area contributed by atoms with Crippen molar-refractivity contribution in [1.29, 1.82) is 0 Å². The molecule has 0 aliphatic carbocycles. The van der Waals surface area contributed by atoms with Crippen molar-refractivity contribution in [3.8, 4) is 0 Å². The zero-order valence-corrected chi connectivity index (χ0v) is 13.8. The van der Waals surface area contributed by atoms with Crippen molar-refractivity contribution >= 4 is 5.96 Å². The molecule has 0 spiro atoms. The van der Waals surface area contributed by atoms with Gasteiger partial charge in [-0.15, -0.1) is 0 Å². The molecule has 1 atom stereocenters. The molecule has 1 fully saturated rings. The predicted molar refractivity (Wildman–Crippen MR) is 87.7 cm³/mol. The van der Waals surface area contributed by atoms with E-state index in [0.29, 0.717) is 6.61 Å². The largest absolute Gasteiger partial charge is 0.396 e. The van der Waals surface area contributed by atoms with Gasteiger partial charge in [-0.05, 0) is 26.2 Å². The Morgan fingerprint density at radius 1 is 1.24 bits per heavy atom. The molecule has 21 heavy (non-hydrogen) atoms. The molecule has 0 amide bonds. The standard InChI is InChI=1S/C16H33N3O2/c1-3-5-6-7-10-18-15(17-4-2)19-13-16(8-11-20)9-12-21-14-16/h20H,3-14H2,1-2H3,(H2,17,18,19). The summed E-state index contributed by atoms with van der Waals surface area (Å²) in [6.07, 6.45) is 6.78. The highest BCUT2D eigenvalue weighted by molar-refractivity contribution is 5.79. The Hall–Kier alpha value is -0.810. The lowest BCUT2D eigenvalue weighted by Crippen LogP contribution is -2.39. The fourth-order valence-corrected chi connectivity index (χ4v) is 2.63. The number of nitrogens with one attached hydrogen (secondary N) is 2. The van der Waals surface area contributed by atoms with Crippen molar-refractivity contribution < 1.29 is 9.84 Å². The van der Waals surface area contributed by atoms with Crippen molar-refractivity contribution in [2.24, 2.45) is 10.4 Å². The van der Waals surface area contributed by atoms with E-state index in [4.69, 9.17) is 9.73 Å². The van der Waals surface area contributed by atoms with Gasteiger partial charge in [0.25, 0.3) is 0 Å². The Morgan fingerprint density at radius 2 is 2.10 bits per heavy atom. The van der Waals surface area contributed by atoms with Gasteiger partial charge in [0.2, 0.25) is 0 Å². The molecule has 1 rings (SSSR count). The van der Waals surface area contributed by atoms with E-state index in [9.17, 15) is 5.11 Å². The zero-order valence-electron chi connectivity index (χ0n) is 13.8. The Labute approximate surface area is 129 Å². The molecule has 3 N–H and O–H groups in total. The molecule has 0 aromatic rings. The van der Waals surface area contributed by atoms with E-state index in [1.54, 1.807) is 0 Å². The fraction of sp³-hybridized carbons (Fsp3) is 0.938. The molecule has 1 aliphatic rings. The summed E-state index contributed by atoms with van der Waals surface area (Å²) in [5.74, 6) is 0.887. The summed E-state index contributed by atoms with van der Waals surface area (Å²) in [4.78, 5) is 4.71. The van der Waals surface area contributed by atoms with Crippen LogP contribution in [-0.4, -0.2) is 50.5 Å². The number of ether oxygens (including phenoxy) is 1. The number of hydrogen-bond donors (Lipinski definition) is 3. The number of hydrogen-bond acceptors (Lipinski definition) is 3. The quantitative estimate of drug-likeness (QED) is 0.327. The Bertz CT molecular complexity index is 289. The summed E-state index contributed by atoms with van der Waals surface area (Å²) in [5.41, 5.74) is 0.0271. The number of aliphatic hydroxyl groups excluding tert-OH is 1. The monoisotopic (exact) mass is 299 g/mol. The maximum atomic E-state index is 9.25. The first-order chi connectivity index (χ1) is 10.3. The summed E-state index contributed by atoms with van der Waals surface area (Å²) in [6.45, 7) is 8.57. The minimum Gasteiger partial charge on any atom is -0.396 e. The van der Waals surface area contributed by atoms with Gasteiger partial charge < -0.3 is 20.5 Å². The summed E-state index contributed by atoms with van der Waals surface area (Å²) in [5, 5.41) is 15.9. The van der Waals surface area contributed by atoms with Gasteiger partial charge in [0.05, 0.1) is 13.2 Å².